The van der Waals surface area contributed by atoms with E-state index in [1.807, 2.05) is 17.0 Å². The van der Waals surface area contributed by atoms with E-state index < -0.39 is 0 Å². The molecule has 6 nitrogen and oxygen atoms in total. The second-order valence-corrected chi connectivity index (χ2v) is 6.34. The molecule has 24 heavy (non-hydrogen) atoms. The van der Waals surface area contributed by atoms with Crippen LogP contribution in [0.2, 0.25) is 0 Å². The van der Waals surface area contributed by atoms with E-state index in [9.17, 15) is 4.79 Å². The summed E-state index contributed by atoms with van der Waals surface area (Å²) in [5, 5.41) is 5.40. The quantitative estimate of drug-likeness (QED) is 0.796. The molecule has 0 bridgehead atoms. The Hall–Kier alpha value is -2.80. The lowest BCUT2D eigenvalue weighted by Gasteiger charge is -2.28. The second kappa shape index (κ2) is 6.37. The fourth-order valence-electron chi connectivity index (χ4n) is 2.72. The number of fused-ring (bicyclic) bond motifs is 1. The molecule has 7 heteroatoms. The molecule has 1 aliphatic heterocycles. The minimum Gasteiger partial charge on any atom is -0.333 e. The summed E-state index contributed by atoms with van der Waals surface area (Å²) in [6.45, 7) is 1.36. The van der Waals surface area contributed by atoms with E-state index in [0.717, 1.165) is 13.0 Å². The first-order valence-electron chi connectivity index (χ1n) is 7.65. The maximum absolute atomic E-state index is 12.7. The minimum atomic E-state index is -0.0391. The molecule has 0 saturated carbocycles. The molecular formula is C17H15N5OS. The smallest absolute Gasteiger partial charge is 0.273 e. The number of carbonyl (C=O) groups excluding carboxylic acids is 1. The van der Waals surface area contributed by atoms with Crippen molar-refractivity contribution in [3.63, 3.8) is 0 Å². The number of anilines is 2. The maximum atomic E-state index is 12.7. The van der Waals surface area contributed by atoms with Gasteiger partial charge in [0, 0.05) is 30.9 Å². The monoisotopic (exact) mass is 337 g/mol. The molecule has 0 saturated heterocycles. The highest BCUT2D eigenvalue weighted by Crippen LogP contribution is 2.23. The number of nitrogens with one attached hydrogen (secondary N) is 1. The molecule has 1 aliphatic rings. The first kappa shape index (κ1) is 14.8. The second-order valence-electron chi connectivity index (χ2n) is 5.48. The van der Waals surface area contributed by atoms with Gasteiger partial charge in [-0.05, 0) is 23.6 Å². The molecule has 0 unspecified atom stereocenters. The Labute approximate surface area is 143 Å². The molecule has 3 aromatic rings. The van der Waals surface area contributed by atoms with Gasteiger partial charge in [-0.15, -0.1) is 11.3 Å². The van der Waals surface area contributed by atoms with Crippen LogP contribution in [0, 0.1) is 0 Å². The van der Waals surface area contributed by atoms with Gasteiger partial charge in [-0.25, -0.2) is 15.0 Å². The minimum absolute atomic E-state index is 0.0391. The summed E-state index contributed by atoms with van der Waals surface area (Å²) < 4.78 is 0. The molecule has 0 aliphatic carbocycles. The summed E-state index contributed by atoms with van der Waals surface area (Å²) in [7, 11) is 0. The van der Waals surface area contributed by atoms with Gasteiger partial charge in [0.25, 0.3) is 5.91 Å². The van der Waals surface area contributed by atoms with E-state index in [1.54, 1.807) is 23.8 Å². The zero-order valence-corrected chi connectivity index (χ0v) is 13.7. The summed E-state index contributed by atoms with van der Waals surface area (Å²) in [4.78, 5) is 27.1. The molecule has 1 N–H and O–H groups in total. The molecule has 3 heterocycles. The molecule has 0 fully saturated rings. The molecule has 120 valence electrons. The summed E-state index contributed by atoms with van der Waals surface area (Å²) in [6, 6.07) is 10.0. The van der Waals surface area contributed by atoms with E-state index in [0.29, 0.717) is 23.3 Å². The zero-order chi connectivity index (χ0) is 16.4. The number of aromatic nitrogens is 3. The Morgan fingerprint density at radius 1 is 1.12 bits per heavy atom. The van der Waals surface area contributed by atoms with Crippen molar-refractivity contribution in [2.24, 2.45) is 0 Å². The fraction of sp³-hybridized carbons (Fsp3) is 0.176. The third kappa shape index (κ3) is 2.98. The molecular weight excluding hydrogens is 322 g/mol. The number of hydrogen-bond donors (Lipinski definition) is 1. The van der Waals surface area contributed by atoms with E-state index in [-0.39, 0.29) is 5.91 Å². The number of thiazole rings is 1. The SMILES string of the molecule is O=C(c1csc(Nc2ncccn2)n1)N1CCc2ccccc2C1. The van der Waals surface area contributed by atoms with Crippen molar-refractivity contribution in [3.8, 4) is 0 Å². The van der Waals surface area contributed by atoms with Gasteiger partial charge in [-0.1, -0.05) is 24.3 Å². The van der Waals surface area contributed by atoms with E-state index >= 15 is 0 Å². The van der Waals surface area contributed by atoms with Gasteiger partial charge < -0.3 is 10.2 Å². The van der Waals surface area contributed by atoms with Gasteiger partial charge in [-0.3, -0.25) is 4.79 Å². The normalized spacial score (nSPS) is 13.4. The van der Waals surface area contributed by atoms with E-state index in [2.05, 4.69) is 32.4 Å². The van der Waals surface area contributed by atoms with Crippen LogP contribution in [0.25, 0.3) is 0 Å². The van der Waals surface area contributed by atoms with Gasteiger partial charge in [-0.2, -0.15) is 0 Å². The Morgan fingerprint density at radius 3 is 2.75 bits per heavy atom. The van der Waals surface area contributed by atoms with Crippen molar-refractivity contribution in [1.82, 2.24) is 19.9 Å². The van der Waals surface area contributed by atoms with Crippen molar-refractivity contribution < 1.29 is 4.79 Å². The van der Waals surface area contributed by atoms with E-state index in [1.165, 1.54) is 22.5 Å². The topological polar surface area (TPSA) is 71.0 Å². The number of nitrogens with zero attached hydrogens (tertiary/aromatic N) is 4. The summed E-state index contributed by atoms with van der Waals surface area (Å²) in [6.07, 6.45) is 4.19. The predicted octanol–water partition coefficient (Wildman–Crippen LogP) is 2.88. The lowest BCUT2D eigenvalue weighted by molar-refractivity contribution is 0.0729. The van der Waals surface area contributed by atoms with Crippen molar-refractivity contribution >= 4 is 28.3 Å². The third-order valence-corrected chi connectivity index (χ3v) is 4.68. The first-order valence-corrected chi connectivity index (χ1v) is 8.53. The molecule has 1 aromatic carbocycles. The molecule has 2 aromatic heterocycles. The predicted molar refractivity (Wildman–Crippen MR) is 92.3 cm³/mol. The largest absolute Gasteiger partial charge is 0.333 e. The highest BCUT2D eigenvalue weighted by molar-refractivity contribution is 7.14. The number of rotatable bonds is 3. The summed E-state index contributed by atoms with van der Waals surface area (Å²) in [5.74, 6) is 0.431. The van der Waals surface area contributed by atoms with Crippen LogP contribution in [0.5, 0.6) is 0 Å². The number of amides is 1. The average Bonchev–Trinajstić information content (AvgIpc) is 3.10. The van der Waals surface area contributed by atoms with Crippen LogP contribution < -0.4 is 5.32 Å². The fourth-order valence-corrected chi connectivity index (χ4v) is 3.40. The van der Waals surface area contributed by atoms with Crippen LogP contribution in [-0.2, 0) is 13.0 Å². The Balaban J connectivity index is 1.48. The molecule has 0 atom stereocenters. The van der Waals surface area contributed by atoms with Crippen LogP contribution >= 0.6 is 11.3 Å². The maximum Gasteiger partial charge on any atom is 0.273 e. The van der Waals surface area contributed by atoms with Crippen LogP contribution in [0.3, 0.4) is 0 Å². The lowest BCUT2D eigenvalue weighted by Crippen LogP contribution is -2.36. The molecule has 0 spiro atoms. The van der Waals surface area contributed by atoms with E-state index in [4.69, 9.17) is 0 Å². The highest BCUT2D eigenvalue weighted by Gasteiger charge is 2.23. The zero-order valence-electron chi connectivity index (χ0n) is 12.8. The Bertz CT molecular complexity index is 864. The lowest BCUT2D eigenvalue weighted by atomic mass is 10.00. The highest BCUT2D eigenvalue weighted by atomic mass is 32.1. The standard InChI is InChI=1S/C17H15N5OS/c23-15(22-9-6-12-4-1-2-5-13(12)10-22)14-11-24-17(20-14)21-16-18-7-3-8-19-16/h1-5,7-8,11H,6,9-10H2,(H,18,19,20,21). The molecule has 0 radical (unpaired) electrons. The van der Waals surface area contributed by atoms with Crippen LogP contribution in [0.15, 0.2) is 48.1 Å². The Morgan fingerprint density at radius 2 is 1.92 bits per heavy atom. The average molecular weight is 337 g/mol. The van der Waals surface area contributed by atoms with Gasteiger partial charge in [0.15, 0.2) is 5.13 Å². The first-order chi connectivity index (χ1) is 11.8. The molecule has 1 amide bonds. The van der Waals surface area contributed by atoms with Gasteiger partial charge >= 0.3 is 0 Å². The number of benzene rings is 1. The summed E-state index contributed by atoms with van der Waals surface area (Å²) >= 11 is 1.37. The van der Waals surface area contributed by atoms with Gasteiger partial charge in [0.1, 0.15) is 5.69 Å². The summed E-state index contributed by atoms with van der Waals surface area (Å²) in [5.41, 5.74) is 2.99. The van der Waals surface area contributed by atoms with Crippen molar-refractivity contribution in [2.45, 2.75) is 13.0 Å². The van der Waals surface area contributed by atoms with Crippen molar-refractivity contribution in [3.05, 3.63) is 64.9 Å². The van der Waals surface area contributed by atoms with Crippen molar-refractivity contribution in [1.29, 1.82) is 0 Å². The van der Waals surface area contributed by atoms with Gasteiger partial charge in [0.05, 0.1) is 0 Å². The van der Waals surface area contributed by atoms with Crippen molar-refractivity contribution in [2.75, 3.05) is 11.9 Å². The van der Waals surface area contributed by atoms with Crippen LogP contribution in [0.4, 0.5) is 11.1 Å². The van der Waals surface area contributed by atoms with Crippen LogP contribution in [0.1, 0.15) is 21.6 Å². The molecule has 4 rings (SSSR count). The number of carbonyl (C=O) groups is 1. The third-order valence-electron chi connectivity index (χ3n) is 3.93. The number of hydrogen-bond acceptors (Lipinski definition) is 6. The van der Waals surface area contributed by atoms with Crippen LogP contribution in [-0.4, -0.2) is 32.3 Å². The van der Waals surface area contributed by atoms with Gasteiger partial charge in [0.2, 0.25) is 5.95 Å². The Kier molecular flexibility index (Phi) is 3.92.